The summed E-state index contributed by atoms with van der Waals surface area (Å²) in [5.41, 5.74) is -0.619. The van der Waals surface area contributed by atoms with E-state index < -0.39 is 11.7 Å². The maximum absolute atomic E-state index is 13.4. The fraction of sp³-hybridized carbons (Fsp3) is 0.435. The number of ether oxygens (including phenoxy) is 1. The van der Waals surface area contributed by atoms with Gasteiger partial charge in [-0.2, -0.15) is 18.4 Å². The van der Waals surface area contributed by atoms with Crippen molar-refractivity contribution in [2.75, 3.05) is 44.8 Å². The van der Waals surface area contributed by atoms with Crippen molar-refractivity contribution in [2.45, 2.75) is 12.6 Å². The van der Waals surface area contributed by atoms with Crippen molar-refractivity contribution in [3.05, 3.63) is 59.4 Å². The molecule has 2 saturated heterocycles. The van der Waals surface area contributed by atoms with Crippen LogP contribution < -0.4 is 4.90 Å². The number of nitrogens with zero attached hydrogens (tertiary/aromatic N) is 4. The van der Waals surface area contributed by atoms with Crippen molar-refractivity contribution in [1.29, 1.82) is 5.26 Å². The van der Waals surface area contributed by atoms with Crippen LogP contribution in [0.25, 0.3) is 0 Å². The molecule has 9 heteroatoms. The largest absolute Gasteiger partial charge is 0.417 e. The minimum atomic E-state index is -4.60. The van der Waals surface area contributed by atoms with Gasteiger partial charge in [0.05, 0.1) is 29.4 Å². The molecule has 6 nitrogen and oxygen atoms in total. The molecule has 0 spiro atoms. The van der Waals surface area contributed by atoms with Gasteiger partial charge in [-0.05, 0) is 36.8 Å². The molecule has 2 aliphatic rings. The van der Waals surface area contributed by atoms with Gasteiger partial charge in [0.2, 0.25) is 0 Å². The third kappa shape index (κ3) is 4.02. The van der Waals surface area contributed by atoms with Crippen molar-refractivity contribution < 1.29 is 22.7 Å². The van der Waals surface area contributed by atoms with Crippen LogP contribution in [0.3, 0.4) is 0 Å². The molecular formula is C23H23F3N4O2. The lowest BCUT2D eigenvalue weighted by Gasteiger charge is -2.44. The number of nitriles is 1. The van der Waals surface area contributed by atoms with Crippen LogP contribution in [-0.2, 0) is 10.9 Å². The Morgan fingerprint density at radius 1 is 1.34 bits per heavy atom. The van der Waals surface area contributed by atoms with Gasteiger partial charge in [-0.1, -0.05) is 0 Å². The smallest absolute Gasteiger partial charge is 0.384 e. The summed E-state index contributed by atoms with van der Waals surface area (Å²) in [6.07, 6.45) is -0.771. The van der Waals surface area contributed by atoms with Crippen molar-refractivity contribution in [2.24, 2.45) is 11.3 Å². The van der Waals surface area contributed by atoms with Gasteiger partial charge in [-0.15, -0.1) is 0 Å². The lowest BCUT2D eigenvalue weighted by atomic mass is 9.73. The summed E-state index contributed by atoms with van der Waals surface area (Å²) in [5, 5.41) is 9.05. The number of alkyl halides is 3. The number of methoxy groups -OCH3 is 1. The van der Waals surface area contributed by atoms with Gasteiger partial charge in [0.1, 0.15) is 0 Å². The first-order valence-electron chi connectivity index (χ1n) is 10.3. The van der Waals surface area contributed by atoms with Crippen molar-refractivity contribution in [3.8, 4) is 6.07 Å². The molecule has 3 heterocycles. The zero-order chi connectivity index (χ0) is 22.9. The molecule has 2 atom stereocenters. The van der Waals surface area contributed by atoms with Gasteiger partial charge >= 0.3 is 6.18 Å². The molecule has 2 fully saturated rings. The first-order chi connectivity index (χ1) is 15.3. The Kier molecular flexibility index (Phi) is 5.82. The lowest BCUT2D eigenvalue weighted by molar-refractivity contribution is -0.137. The van der Waals surface area contributed by atoms with Crippen LogP contribution in [0.1, 0.15) is 27.9 Å². The zero-order valence-electron chi connectivity index (χ0n) is 17.6. The van der Waals surface area contributed by atoms with Crippen LogP contribution >= 0.6 is 0 Å². The summed E-state index contributed by atoms with van der Waals surface area (Å²) >= 11 is 0. The fourth-order valence-corrected chi connectivity index (χ4v) is 4.93. The number of aromatic nitrogens is 1. The standard InChI is InChI=1S/C23H23F3N4O2/c1-32-15-22-6-8-29(19-5-4-16(10-27)20(9-19)23(24,25)26)12-18(22)13-30(14-22)21(31)17-3-2-7-28-11-17/h2-5,7,9,11,18H,6,8,12-15H2,1H3/t18-,22+/m1/s1. The molecule has 0 saturated carbocycles. The summed E-state index contributed by atoms with van der Waals surface area (Å²) < 4.78 is 45.8. The lowest BCUT2D eigenvalue weighted by Crippen LogP contribution is -2.49. The molecule has 0 unspecified atom stereocenters. The number of piperidine rings is 1. The van der Waals surface area contributed by atoms with E-state index in [1.807, 2.05) is 4.90 Å². The highest BCUT2D eigenvalue weighted by atomic mass is 19.4. The van der Waals surface area contributed by atoms with E-state index in [2.05, 4.69) is 4.98 Å². The number of halogens is 3. The van der Waals surface area contributed by atoms with Crippen LogP contribution in [0.4, 0.5) is 18.9 Å². The summed E-state index contributed by atoms with van der Waals surface area (Å²) in [4.78, 5) is 20.7. The number of anilines is 1. The van der Waals surface area contributed by atoms with Gasteiger partial charge < -0.3 is 14.5 Å². The van der Waals surface area contributed by atoms with Crippen LogP contribution in [0.15, 0.2) is 42.7 Å². The molecule has 168 valence electrons. The molecule has 1 aromatic carbocycles. The second kappa shape index (κ2) is 8.43. The zero-order valence-corrected chi connectivity index (χ0v) is 17.6. The van der Waals surface area contributed by atoms with E-state index in [-0.39, 0.29) is 22.8 Å². The number of amides is 1. The number of likely N-dealkylation sites (tertiary alicyclic amines) is 1. The maximum Gasteiger partial charge on any atom is 0.417 e. The number of benzene rings is 1. The maximum atomic E-state index is 13.4. The molecule has 0 radical (unpaired) electrons. The van der Waals surface area contributed by atoms with Gasteiger partial charge in [-0.25, -0.2) is 0 Å². The Hall–Kier alpha value is -3.12. The number of pyridine rings is 1. The Bertz CT molecular complexity index is 1040. The van der Waals surface area contributed by atoms with Gasteiger partial charge in [-0.3, -0.25) is 9.78 Å². The minimum Gasteiger partial charge on any atom is -0.384 e. The van der Waals surface area contributed by atoms with Gasteiger partial charge in [0.15, 0.2) is 0 Å². The molecule has 0 aliphatic carbocycles. The Balaban J connectivity index is 1.58. The molecule has 1 amide bonds. The molecule has 2 aromatic rings. The average molecular weight is 444 g/mol. The van der Waals surface area contributed by atoms with E-state index in [1.54, 1.807) is 42.5 Å². The number of carbonyl (C=O) groups excluding carboxylic acids is 1. The third-order valence-corrected chi connectivity index (χ3v) is 6.55. The average Bonchev–Trinajstić information content (AvgIpc) is 3.17. The number of carbonyl (C=O) groups is 1. The first kappa shape index (κ1) is 22.1. The second-order valence-corrected chi connectivity index (χ2v) is 8.46. The molecular weight excluding hydrogens is 421 g/mol. The van der Waals surface area contributed by atoms with Crippen LogP contribution in [-0.4, -0.2) is 55.7 Å². The van der Waals surface area contributed by atoms with E-state index >= 15 is 0 Å². The SMILES string of the molecule is COC[C@@]12CCN(c3ccc(C#N)c(C(F)(F)F)c3)C[C@@H]1CN(C(=O)c1cccnc1)C2. The topological polar surface area (TPSA) is 69.5 Å². The molecule has 0 N–H and O–H groups in total. The Morgan fingerprint density at radius 2 is 2.16 bits per heavy atom. The van der Waals surface area contributed by atoms with Gasteiger partial charge in [0.25, 0.3) is 5.91 Å². The summed E-state index contributed by atoms with van der Waals surface area (Å²) in [6, 6.07) is 8.90. The predicted octanol–water partition coefficient (Wildman–Crippen LogP) is 3.59. The Labute approximate surface area is 184 Å². The van der Waals surface area contributed by atoms with Crippen LogP contribution in [0, 0.1) is 22.7 Å². The normalized spacial score (nSPS) is 23.0. The number of hydrogen-bond acceptors (Lipinski definition) is 5. The van der Waals surface area contributed by atoms with E-state index in [0.717, 1.165) is 6.07 Å². The predicted molar refractivity (Wildman–Crippen MR) is 111 cm³/mol. The highest BCUT2D eigenvalue weighted by molar-refractivity contribution is 5.94. The highest BCUT2D eigenvalue weighted by Gasteiger charge is 2.51. The van der Waals surface area contributed by atoms with Crippen molar-refractivity contribution >= 4 is 11.6 Å². The van der Waals surface area contributed by atoms with E-state index in [4.69, 9.17) is 10.00 Å². The summed E-state index contributed by atoms with van der Waals surface area (Å²) in [6.45, 7) is 2.55. The molecule has 2 aliphatic heterocycles. The molecule has 1 aromatic heterocycles. The number of fused-ring (bicyclic) bond motifs is 1. The quantitative estimate of drug-likeness (QED) is 0.721. The van der Waals surface area contributed by atoms with E-state index in [0.29, 0.717) is 50.5 Å². The number of hydrogen-bond donors (Lipinski definition) is 0. The van der Waals surface area contributed by atoms with Crippen molar-refractivity contribution in [3.63, 3.8) is 0 Å². The first-order valence-corrected chi connectivity index (χ1v) is 10.3. The van der Waals surface area contributed by atoms with E-state index in [9.17, 15) is 18.0 Å². The minimum absolute atomic E-state index is 0.0433. The second-order valence-electron chi connectivity index (χ2n) is 8.46. The third-order valence-electron chi connectivity index (χ3n) is 6.55. The highest BCUT2D eigenvalue weighted by Crippen LogP contribution is 2.45. The summed E-state index contributed by atoms with van der Waals surface area (Å²) in [7, 11) is 1.63. The fourth-order valence-electron chi connectivity index (χ4n) is 4.93. The van der Waals surface area contributed by atoms with Gasteiger partial charge in [0, 0.05) is 62.7 Å². The summed E-state index contributed by atoms with van der Waals surface area (Å²) in [5.74, 6) is -0.0611. The molecule has 0 bridgehead atoms. The molecule has 32 heavy (non-hydrogen) atoms. The van der Waals surface area contributed by atoms with E-state index in [1.165, 1.54) is 12.3 Å². The Morgan fingerprint density at radius 3 is 2.81 bits per heavy atom. The van der Waals surface area contributed by atoms with Crippen LogP contribution in [0.5, 0.6) is 0 Å². The van der Waals surface area contributed by atoms with Crippen molar-refractivity contribution in [1.82, 2.24) is 9.88 Å². The molecule has 4 rings (SSSR count). The number of rotatable bonds is 4. The monoisotopic (exact) mass is 444 g/mol. The van der Waals surface area contributed by atoms with Crippen LogP contribution in [0.2, 0.25) is 0 Å².